The van der Waals surface area contributed by atoms with E-state index >= 15 is 0 Å². The van der Waals surface area contributed by atoms with Crippen molar-refractivity contribution in [1.82, 2.24) is 4.90 Å². The first kappa shape index (κ1) is 18.0. The smallest absolute Gasteiger partial charge is 0.340 e. The first-order chi connectivity index (χ1) is 9.29. The molecule has 0 bridgehead atoms. The lowest BCUT2D eigenvalue weighted by atomic mass is 9.86. The predicted octanol–water partition coefficient (Wildman–Crippen LogP) is 3.00. The van der Waals surface area contributed by atoms with Gasteiger partial charge in [-0.2, -0.15) is 0 Å². The number of fused-ring (bicyclic) bond motifs is 1. The molecule has 0 radical (unpaired) electrons. The van der Waals surface area contributed by atoms with Gasteiger partial charge >= 0.3 is 5.97 Å². The van der Waals surface area contributed by atoms with Gasteiger partial charge in [-0.15, -0.1) is 12.4 Å². The molecule has 1 N–H and O–H groups in total. The lowest BCUT2D eigenvalue weighted by Gasteiger charge is -2.29. The quantitative estimate of drug-likeness (QED) is 0.908. The van der Waals surface area contributed by atoms with Crippen molar-refractivity contribution in [2.75, 3.05) is 20.6 Å². The molecule has 0 aromatic heterocycles. The summed E-state index contributed by atoms with van der Waals surface area (Å²) >= 11 is 0. The van der Waals surface area contributed by atoms with E-state index in [1.165, 1.54) is 0 Å². The van der Waals surface area contributed by atoms with E-state index in [0.29, 0.717) is 6.42 Å². The fourth-order valence-corrected chi connectivity index (χ4v) is 3.00. The van der Waals surface area contributed by atoms with Crippen LogP contribution in [0.5, 0.6) is 0 Å². The minimum Gasteiger partial charge on any atom is -0.479 e. The van der Waals surface area contributed by atoms with Gasteiger partial charge in [0, 0.05) is 5.56 Å². The Kier molecular flexibility index (Phi) is 5.42. The second kappa shape index (κ2) is 6.34. The van der Waals surface area contributed by atoms with E-state index in [9.17, 15) is 9.90 Å². The summed E-state index contributed by atoms with van der Waals surface area (Å²) in [5, 5.41) is 9.77. The minimum absolute atomic E-state index is 0. The molecule has 1 aliphatic rings. The molecular formula is C16H24ClNO3. The zero-order chi connectivity index (χ0) is 15.0. The molecule has 21 heavy (non-hydrogen) atoms. The lowest BCUT2D eigenvalue weighted by Crippen LogP contribution is -2.38. The number of hydrogen-bond acceptors (Lipinski definition) is 3. The number of ether oxygens (including phenoxy) is 1. The summed E-state index contributed by atoms with van der Waals surface area (Å²) in [6, 6.07) is 7.66. The Morgan fingerprint density at radius 3 is 2.33 bits per heavy atom. The summed E-state index contributed by atoms with van der Waals surface area (Å²) in [5.41, 5.74) is 0.00643. The van der Waals surface area contributed by atoms with Crippen molar-refractivity contribution >= 4 is 18.4 Å². The third kappa shape index (κ3) is 3.23. The van der Waals surface area contributed by atoms with E-state index in [1.807, 2.05) is 52.2 Å². The average molecular weight is 314 g/mol. The van der Waals surface area contributed by atoms with Crippen LogP contribution in [0.25, 0.3) is 0 Å². The van der Waals surface area contributed by atoms with Crippen molar-refractivity contribution in [1.29, 1.82) is 0 Å². The molecule has 2 rings (SSSR count). The third-order valence-electron chi connectivity index (χ3n) is 3.92. The Morgan fingerprint density at radius 2 is 1.81 bits per heavy atom. The minimum atomic E-state index is -1.21. The van der Waals surface area contributed by atoms with Gasteiger partial charge < -0.3 is 14.7 Å². The van der Waals surface area contributed by atoms with Gasteiger partial charge in [-0.05, 0) is 52.9 Å². The van der Waals surface area contributed by atoms with E-state index in [1.54, 1.807) is 0 Å². The number of nitrogens with zero attached hydrogens (tertiary/aromatic N) is 1. The Hall–Kier alpha value is -1.10. The molecule has 0 fully saturated rings. The fourth-order valence-electron chi connectivity index (χ4n) is 3.00. The summed E-state index contributed by atoms with van der Waals surface area (Å²) in [7, 11) is 3.97. The van der Waals surface area contributed by atoms with E-state index in [-0.39, 0.29) is 12.4 Å². The number of benzene rings is 1. The molecule has 1 unspecified atom stereocenters. The van der Waals surface area contributed by atoms with Crippen LogP contribution >= 0.6 is 12.4 Å². The van der Waals surface area contributed by atoms with Crippen molar-refractivity contribution in [2.24, 2.45) is 0 Å². The third-order valence-corrected chi connectivity index (χ3v) is 3.92. The molecule has 0 saturated heterocycles. The molecule has 0 saturated carbocycles. The van der Waals surface area contributed by atoms with Crippen molar-refractivity contribution in [3.05, 3.63) is 35.4 Å². The maximum atomic E-state index is 11.9. The second-order valence-corrected chi connectivity index (χ2v) is 6.20. The van der Waals surface area contributed by atoms with E-state index in [0.717, 1.165) is 24.1 Å². The van der Waals surface area contributed by atoms with Crippen LogP contribution in [0.3, 0.4) is 0 Å². The number of halogens is 1. The van der Waals surface area contributed by atoms with Gasteiger partial charge in [0.25, 0.3) is 0 Å². The highest BCUT2D eigenvalue weighted by molar-refractivity contribution is 5.85. The lowest BCUT2D eigenvalue weighted by molar-refractivity contribution is -0.184. The molecule has 1 atom stereocenters. The van der Waals surface area contributed by atoms with Gasteiger partial charge in [0.15, 0.2) is 5.60 Å². The highest BCUT2D eigenvalue weighted by atomic mass is 35.5. The maximum absolute atomic E-state index is 11.9. The van der Waals surface area contributed by atoms with E-state index in [4.69, 9.17) is 4.74 Å². The monoisotopic (exact) mass is 313 g/mol. The molecule has 118 valence electrons. The van der Waals surface area contributed by atoms with E-state index < -0.39 is 17.2 Å². The van der Waals surface area contributed by atoms with Crippen LogP contribution in [0.4, 0.5) is 0 Å². The molecule has 0 amide bonds. The van der Waals surface area contributed by atoms with Gasteiger partial charge in [-0.3, -0.25) is 0 Å². The average Bonchev–Trinajstić information content (AvgIpc) is 2.59. The predicted molar refractivity (Wildman–Crippen MR) is 84.9 cm³/mol. The highest BCUT2D eigenvalue weighted by Gasteiger charge is 2.53. The normalized spacial score (nSPS) is 22.7. The number of carboxylic acids is 1. The molecule has 1 aromatic carbocycles. The van der Waals surface area contributed by atoms with Gasteiger partial charge in [-0.1, -0.05) is 24.3 Å². The topological polar surface area (TPSA) is 49.8 Å². The first-order valence-electron chi connectivity index (χ1n) is 6.98. The Bertz CT molecular complexity index is 516. The van der Waals surface area contributed by atoms with Gasteiger partial charge in [0.1, 0.15) is 0 Å². The number of hydrogen-bond donors (Lipinski definition) is 1. The summed E-state index contributed by atoms with van der Waals surface area (Å²) in [4.78, 5) is 14.0. The molecule has 5 heteroatoms. The second-order valence-electron chi connectivity index (χ2n) is 6.20. The van der Waals surface area contributed by atoms with Crippen molar-refractivity contribution in [2.45, 2.75) is 37.9 Å². The van der Waals surface area contributed by atoms with Gasteiger partial charge in [0.05, 0.1) is 5.60 Å². The van der Waals surface area contributed by atoms with Crippen LogP contribution in [-0.2, 0) is 20.7 Å². The molecular weight excluding hydrogens is 290 g/mol. The molecule has 0 aliphatic carbocycles. The molecule has 1 aromatic rings. The molecule has 1 heterocycles. The van der Waals surface area contributed by atoms with Gasteiger partial charge in [0.2, 0.25) is 0 Å². The summed E-state index contributed by atoms with van der Waals surface area (Å²) < 4.78 is 6.03. The summed E-state index contributed by atoms with van der Waals surface area (Å²) in [6.45, 7) is 4.71. The molecule has 1 aliphatic heterocycles. The zero-order valence-corrected chi connectivity index (χ0v) is 13.9. The van der Waals surface area contributed by atoms with Crippen LogP contribution in [0.2, 0.25) is 0 Å². The van der Waals surface area contributed by atoms with Crippen LogP contribution in [0.15, 0.2) is 24.3 Å². The summed E-state index contributed by atoms with van der Waals surface area (Å²) in [6.07, 6.45) is 1.27. The van der Waals surface area contributed by atoms with Crippen molar-refractivity contribution < 1.29 is 14.6 Å². The van der Waals surface area contributed by atoms with Crippen molar-refractivity contribution in [3.63, 3.8) is 0 Å². The number of carboxylic acid groups (broad SMARTS) is 1. The first-order valence-corrected chi connectivity index (χ1v) is 6.98. The van der Waals surface area contributed by atoms with Crippen LogP contribution < -0.4 is 0 Å². The maximum Gasteiger partial charge on any atom is 0.340 e. The number of aliphatic carboxylic acids is 1. The SMILES string of the molecule is CN(C)CCCC1(C(=O)O)OC(C)(C)c2ccccc21.Cl. The van der Waals surface area contributed by atoms with Crippen LogP contribution in [-0.4, -0.2) is 36.6 Å². The fraction of sp³-hybridized carbons (Fsp3) is 0.562. The Labute approximate surface area is 132 Å². The Morgan fingerprint density at radius 1 is 1.24 bits per heavy atom. The zero-order valence-electron chi connectivity index (χ0n) is 13.0. The number of carbonyl (C=O) groups is 1. The van der Waals surface area contributed by atoms with E-state index in [2.05, 4.69) is 4.90 Å². The molecule has 0 spiro atoms. The summed E-state index contributed by atoms with van der Waals surface area (Å²) in [5.74, 6) is -0.894. The number of rotatable bonds is 5. The standard InChI is InChI=1S/C16H23NO3.ClH/c1-15(2)12-8-5-6-9-13(12)16(20-15,14(18)19)10-7-11-17(3)4;/h5-6,8-9H,7,10-11H2,1-4H3,(H,18,19);1H. The largest absolute Gasteiger partial charge is 0.479 e. The Balaban J connectivity index is 0.00000220. The van der Waals surface area contributed by atoms with Gasteiger partial charge in [-0.25, -0.2) is 4.79 Å². The highest BCUT2D eigenvalue weighted by Crippen LogP contribution is 2.49. The van der Waals surface area contributed by atoms with Crippen molar-refractivity contribution in [3.8, 4) is 0 Å². The molecule has 4 nitrogen and oxygen atoms in total. The van der Waals surface area contributed by atoms with Crippen LogP contribution in [0.1, 0.15) is 37.8 Å². The van der Waals surface area contributed by atoms with Crippen LogP contribution in [0, 0.1) is 0 Å².